The van der Waals surface area contributed by atoms with Gasteiger partial charge >= 0.3 is 0 Å². The Balaban J connectivity index is 1.68. The lowest BCUT2D eigenvalue weighted by Gasteiger charge is -2.36. The van der Waals surface area contributed by atoms with Gasteiger partial charge < -0.3 is 23.7 Å². The Hall–Kier alpha value is -2.63. The van der Waals surface area contributed by atoms with Crippen LogP contribution in [0.5, 0.6) is 11.5 Å². The van der Waals surface area contributed by atoms with Crippen LogP contribution in [0.25, 0.3) is 0 Å². The van der Waals surface area contributed by atoms with Gasteiger partial charge in [-0.25, -0.2) is 0 Å². The number of piperazine rings is 1. The number of ether oxygens (including phenoxy) is 2. The van der Waals surface area contributed by atoms with Gasteiger partial charge in [0.1, 0.15) is 11.5 Å². The van der Waals surface area contributed by atoms with Crippen LogP contribution in [0.15, 0.2) is 41.0 Å². The number of furan rings is 1. The zero-order chi connectivity index (χ0) is 16.2. The molecule has 0 aliphatic carbocycles. The Morgan fingerprint density at radius 3 is 2.48 bits per heavy atom. The third kappa shape index (κ3) is 3.11. The van der Waals surface area contributed by atoms with Crippen molar-refractivity contribution in [1.29, 1.82) is 0 Å². The molecule has 6 heteroatoms. The smallest absolute Gasteiger partial charge is 0.289 e. The molecule has 0 atom stereocenters. The van der Waals surface area contributed by atoms with Gasteiger partial charge in [-0.2, -0.15) is 0 Å². The number of nitrogens with zero attached hydrogens (tertiary/aromatic N) is 2. The molecule has 0 N–H and O–H groups in total. The molecule has 2 aromatic rings. The number of carbonyl (C=O) groups is 1. The third-order valence-electron chi connectivity index (χ3n) is 4.03. The van der Waals surface area contributed by atoms with Gasteiger partial charge in [0.25, 0.3) is 5.91 Å². The van der Waals surface area contributed by atoms with E-state index in [4.69, 9.17) is 13.9 Å². The van der Waals surface area contributed by atoms with E-state index in [0.717, 1.165) is 30.3 Å². The molecule has 6 nitrogen and oxygen atoms in total. The number of amides is 1. The number of hydrogen-bond donors (Lipinski definition) is 0. The minimum Gasteiger partial charge on any atom is -0.497 e. The monoisotopic (exact) mass is 316 g/mol. The van der Waals surface area contributed by atoms with Crippen LogP contribution in [0.4, 0.5) is 5.69 Å². The summed E-state index contributed by atoms with van der Waals surface area (Å²) in [6, 6.07) is 9.20. The largest absolute Gasteiger partial charge is 0.497 e. The topological polar surface area (TPSA) is 55.2 Å². The highest BCUT2D eigenvalue weighted by molar-refractivity contribution is 5.91. The van der Waals surface area contributed by atoms with E-state index in [1.165, 1.54) is 6.26 Å². The lowest BCUT2D eigenvalue weighted by atomic mass is 10.2. The van der Waals surface area contributed by atoms with E-state index in [1.807, 2.05) is 23.1 Å². The van der Waals surface area contributed by atoms with E-state index in [2.05, 4.69) is 4.90 Å². The van der Waals surface area contributed by atoms with E-state index >= 15 is 0 Å². The van der Waals surface area contributed by atoms with E-state index in [-0.39, 0.29) is 5.91 Å². The summed E-state index contributed by atoms with van der Waals surface area (Å²) in [6.07, 6.45) is 1.52. The summed E-state index contributed by atoms with van der Waals surface area (Å²) in [5.41, 5.74) is 1.01. The van der Waals surface area contributed by atoms with Crippen molar-refractivity contribution < 1.29 is 18.7 Å². The molecule has 23 heavy (non-hydrogen) atoms. The first-order valence-electron chi connectivity index (χ1n) is 7.52. The van der Waals surface area contributed by atoms with Crippen molar-refractivity contribution in [2.24, 2.45) is 0 Å². The third-order valence-corrected chi connectivity index (χ3v) is 4.03. The zero-order valence-electron chi connectivity index (χ0n) is 13.3. The van der Waals surface area contributed by atoms with Crippen LogP contribution in [0.2, 0.25) is 0 Å². The summed E-state index contributed by atoms with van der Waals surface area (Å²) in [5.74, 6) is 1.87. The van der Waals surface area contributed by atoms with Crippen LogP contribution < -0.4 is 14.4 Å². The van der Waals surface area contributed by atoms with E-state index in [1.54, 1.807) is 26.4 Å². The quantitative estimate of drug-likeness (QED) is 0.866. The fraction of sp³-hybridized carbons (Fsp3) is 0.353. The first-order chi connectivity index (χ1) is 11.2. The maximum Gasteiger partial charge on any atom is 0.289 e. The van der Waals surface area contributed by atoms with Gasteiger partial charge in [-0.05, 0) is 24.3 Å². The van der Waals surface area contributed by atoms with Crippen molar-refractivity contribution in [1.82, 2.24) is 4.90 Å². The van der Waals surface area contributed by atoms with E-state index < -0.39 is 0 Å². The summed E-state index contributed by atoms with van der Waals surface area (Å²) in [5, 5.41) is 0. The summed E-state index contributed by atoms with van der Waals surface area (Å²) in [7, 11) is 3.28. The summed E-state index contributed by atoms with van der Waals surface area (Å²) in [6.45, 7) is 2.79. The Kier molecular flexibility index (Phi) is 4.41. The Labute approximate surface area is 135 Å². The van der Waals surface area contributed by atoms with Crippen LogP contribution in [-0.4, -0.2) is 51.2 Å². The minimum atomic E-state index is -0.0589. The first kappa shape index (κ1) is 15.3. The SMILES string of the molecule is COc1ccc(N2CCN(C(=O)c3ccco3)CC2)c(OC)c1. The second-order valence-electron chi connectivity index (χ2n) is 5.29. The highest BCUT2D eigenvalue weighted by atomic mass is 16.5. The fourth-order valence-electron chi connectivity index (χ4n) is 2.75. The Morgan fingerprint density at radius 2 is 1.87 bits per heavy atom. The average Bonchev–Trinajstić information content (AvgIpc) is 3.15. The normalized spacial score (nSPS) is 14.7. The molecule has 0 spiro atoms. The molecule has 122 valence electrons. The molecule has 0 radical (unpaired) electrons. The number of rotatable bonds is 4. The first-order valence-corrected chi connectivity index (χ1v) is 7.52. The molecule has 1 aromatic carbocycles. The lowest BCUT2D eigenvalue weighted by molar-refractivity contribution is 0.0714. The number of methoxy groups -OCH3 is 2. The number of anilines is 1. The highest BCUT2D eigenvalue weighted by Crippen LogP contribution is 2.32. The highest BCUT2D eigenvalue weighted by Gasteiger charge is 2.25. The maximum absolute atomic E-state index is 12.3. The van der Waals surface area contributed by atoms with Gasteiger partial charge in [0.15, 0.2) is 5.76 Å². The van der Waals surface area contributed by atoms with Crippen LogP contribution in [-0.2, 0) is 0 Å². The molecule has 1 saturated heterocycles. The molecular weight excluding hydrogens is 296 g/mol. The molecular formula is C17H20N2O4. The van der Waals surface area contributed by atoms with Crippen LogP contribution in [0.3, 0.4) is 0 Å². The van der Waals surface area contributed by atoms with Crippen LogP contribution in [0.1, 0.15) is 10.6 Å². The predicted molar refractivity (Wildman–Crippen MR) is 86.4 cm³/mol. The van der Waals surface area contributed by atoms with Crippen molar-refractivity contribution in [3.63, 3.8) is 0 Å². The Bertz CT molecular complexity index is 661. The standard InChI is InChI=1S/C17H20N2O4/c1-21-13-5-6-14(16(12-13)22-2)18-7-9-19(10-8-18)17(20)15-4-3-11-23-15/h3-6,11-12H,7-10H2,1-2H3. The molecule has 0 unspecified atom stereocenters. The molecule has 2 heterocycles. The van der Waals surface area contributed by atoms with Crippen LogP contribution in [0, 0.1) is 0 Å². The molecule has 0 bridgehead atoms. The Morgan fingerprint density at radius 1 is 1.09 bits per heavy atom. The van der Waals surface area contributed by atoms with E-state index in [0.29, 0.717) is 18.8 Å². The number of benzene rings is 1. The summed E-state index contributed by atoms with van der Waals surface area (Å²) < 4.78 is 15.9. The van der Waals surface area contributed by atoms with Crippen molar-refractivity contribution in [2.45, 2.75) is 0 Å². The minimum absolute atomic E-state index is 0.0589. The number of hydrogen-bond acceptors (Lipinski definition) is 5. The fourth-order valence-corrected chi connectivity index (χ4v) is 2.75. The molecule has 3 rings (SSSR count). The van der Waals surface area contributed by atoms with Crippen LogP contribution >= 0.6 is 0 Å². The second-order valence-corrected chi connectivity index (χ2v) is 5.29. The zero-order valence-corrected chi connectivity index (χ0v) is 13.3. The lowest BCUT2D eigenvalue weighted by Crippen LogP contribution is -2.48. The van der Waals surface area contributed by atoms with Crippen molar-refractivity contribution >= 4 is 11.6 Å². The van der Waals surface area contributed by atoms with E-state index in [9.17, 15) is 4.79 Å². The van der Waals surface area contributed by atoms with Gasteiger partial charge in [0.2, 0.25) is 0 Å². The molecule has 1 aliphatic heterocycles. The van der Waals surface area contributed by atoms with Crippen molar-refractivity contribution in [3.8, 4) is 11.5 Å². The van der Waals surface area contributed by atoms with Crippen molar-refractivity contribution in [3.05, 3.63) is 42.4 Å². The molecule has 0 saturated carbocycles. The molecule has 1 fully saturated rings. The molecule has 1 aromatic heterocycles. The molecule has 1 amide bonds. The van der Waals surface area contributed by atoms with Gasteiger partial charge in [-0.15, -0.1) is 0 Å². The van der Waals surface area contributed by atoms with Crippen molar-refractivity contribution in [2.75, 3.05) is 45.3 Å². The predicted octanol–water partition coefficient (Wildman–Crippen LogP) is 2.26. The number of carbonyl (C=O) groups excluding carboxylic acids is 1. The maximum atomic E-state index is 12.3. The average molecular weight is 316 g/mol. The van der Waals surface area contributed by atoms with Gasteiger partial charge in [0.05, 0.1) is 26.2 Å². The molecule has 1 aliphatic rings. The summed E-state index contributed by atoms with van der Waals surface area (Å²) >= 11 is 0. The summed E-state index contributed by atoms with van der Waals surface area (Å²) in [4.78, 5) is 16.3. The van der Waals surface area contributed by atoms with Gasteiger partial charge in [-0.1, -0.05) is 0 Å². The van der Waals surface area contributed by atoms with Gasteiger partial charge in [0, 0.05) is 32.2 Å². The second kappa shape index (κ2) is 6.64. The van der Waals surface area contributed by atoms with Gasteiger partial charge in [-0.3, -0.25) is 4.79 Å².